The van der Waals surface area contributed by atoms with Crippen molar-refractivity contribution in [3.05, 3.63) is 63.9 Å². The Kier molecular flexibility index (Phi) is 5.67. The third-order valence-corrected chi connectivity index (χ3v) is 6.41. The van der Waals surface area contributed by atoms with E-state index >= 15 is 0 Å². The molecule has 4 rings (SSSR count). The lowest BCUT2D eigenvalue weighted by Crippen LogP contribution is -2.50. The molecule has 2 aromatic rings. The number of carbonyl (C=O) groups is 2. The van der Waals surface area contributed by atoms with Crippen LogP contribution in [-0.4, -0.2) is 28.7 Å². The van der Waals surface area contributed by atoms with E-state index in [0.717, 1.165) is 0 Å². The molecule has 1 aliphatic heterocycles. The summed E-state index contributed by atoms with van der Waals surface area (Å²) in [5, 5.41) is 15.5. The van der Waals surface area contributed by atoms with Crippen molar-refractivity contribution in [3.63, 3.8) is 0 Å². The Morgan fingerprint density at radius 2 is 2.00 bits per heavy atom. The first-order valence-electron chi connectivity index (χ1n) is 9.99. The molecule has 1 saturated carbocycles. The standard InChI is InChI=1S/C22H19ClF4N2O3/c23-15-7-6-12(24)9-14(15)18-17-13(20(31)29-18)4-1-5-16(17)28-19(30)11-3-2-8-21(32,10-11)22(25,26)27/h1,4-7,9,11,18,32H,2-3,8,10H2,(H,28,30)(H,29,31). The van der Waals surface area contributed by atoms with E-state index in [1.807, 2.05) is 0 Å². The molecule has 32 heavy (non-hydrogen) atoms. The van der Waals surface area contributed by atoms with Crippen LogP contribution in [0.25, 0.3) is 0 Å². The van der Waals surface area contributed by atoms with Gasteiger partial charge in [0.2, 0.25) is 5.91 Å². The van der Waals surface area contributed by atoms with Gasteiger partial charge in [-0.25, -0.2) is 4.39 Å². The zero-order valence-electron chi connectivity index (χ0n) is 16.6. The molecule has 0 bridgehead atoms. The quantitative estimate of drug-likeness (QED) is 0.567. The van der Waals surface area contributed by atoms with Crippen LogP contribution in [0, 0.1) is 11.7 Å². The normalized spacial score (nSPS) is 25.2. The van der Waals surface area contributed by atoms with E-state index in [0.29, 0.717) is 5.56 Å². The van der Waals surface area contributed by atoms with Crippen LogP contribution in [0.2, 0.25) is 5.02 Å². The smallest absolute Gasteiger partial charge is 0.380 e. The largest absolute Gasteiger partial charge is 0.417 e. The van der Waals surface area contributed by atoms with E-state index in [1.54, 1.807) is 0 Å². The Hall–Kier alpha value is -2.65. The van der Waals surface area contributed by atoms with Gasteiger partial charge in [-0.15, -0.1) is 0 Å². The van der Waals surface area contributed by atoms with Gasteiger partial charge in [-0.3, -0.25) is 9.59 Å². The van der Waals surface area contributed by atoms with Gasteiger partial charge in [0.15, 0.2) is 5.60 Å². The Morgan fingerprint density at radius 3 is 2.72 bits per heavy atom. The molecule has 0 radical (unpaired) electrons. The van der Waals surface area contributed by atoms with E-state index < -0.39 is 54.2 Å². The molecule has 2 aliphatic rings. The highest BCUT2D eigenvalue weighted by molar-refractivity contribution is 6.31. The van der Waals surface area contributed by atoms with Crippen LogP contribution >= 0.6 is 11.6 Å². The van der Waals surface area contributed by atoms with E-state index in [1.165, 1.54) is 36.4 Å². The molecule has 1 heterocycles. The summed E-state index contributed by atoms with van der Waals surface area (Å²) in [6.07, 6.45) is -5.80. The lowest BCUT2D eigenvalue weighted by molar-refractivity contribution is -0.273. The Bertz CT molecular complexity index is 1090. The van der Waals surface area contributed by atoms with Crippen LogP contribution in [0.1, 0.15) is 53.2 Å². The predicted molar refractivity (Wildman–Crippen MR) is 109 cm³/mol. The zero-order chi connectivity index (χ0) is 23.3. The van der Waals surface area contributed by atoms with E-state index in [9.17, 15) is 32.3 Å². The number of rotatable bonds is 3. The van der Waals surface area contributed by atoms with Crippen molar-refractivity contribution in [2.75, 3.05) is 5.32 Å². The van der Waals surface area contributed by atoms with E-state index in [4.69, 9.17) is 11.6 Å². The van der Waals surface area contributed by atoms with Gasteiger partial charge in [0.25, 0.3) is 5.91 Å². The van der Waals surface area contributed by atoms with Crippen molar-refractivity contribution in [2.45, 2.75) is 43.5 Å². The summed E-state index contributed by atoms with van der Waals surface area (Å²) in [4.78, 5) is 25.3. The second-order valence-electron chi connectivity index (χ2n) is 8.15. The fraction of sp³-hybridized carbons (Fsp3) is 0.364. The monoisotopic (exact) mass is 470 g/mol. The summed E-state index contributed by atoms with van der Waals surface area (Å²) in [7, 11) is 0. The summed E-state index contributed by atoms with van der Waals surface area (Å²) in [5.41, 5.74) is -1.84. The zero-order valence-corrected chi connectivity index (χ0v) is 17.4. The predicted octanol–water partition coefficient (Wildman–Crippen LogP) is 4.73. The Morgan fingerprint density at radius 1 is 1.25 bits per heavy atom. The molecule has 2 aromatic carbocycles. The number of carbonyl (C=O) groups excluding carboxylic acids is 2. The highest BCUT2D eigenvalue weighted by Crippen LogP contribution is 2.44. The molecular formula is C22H19ClF4N2O3. The lowest BCUT2D eigenvalue weighted by Gasteiger charge is -2.37. The molecule has 3 atom stereocenters. The van der Waals surface area contributed by atoms with Gasteiger partial charge in [0.1, 0.15) is 5.82 Å². The van der Waals surface area contributed by atoms with Crippen LogP contribution in [-0.2, 0) is 4.79 Å². The molecule has 3 unspecified atom stereocenters. The van der Waals surface area contributed by atoms with Crippen LogP contribution in [0.5, 0.6) is 0 Å². The molecule has 170 valence electrons. The maximum Gasteiger partial charge on any atom is 0.417 e. The second kappa shape index (κ2) is 8.04. The number of benzene rings is 2. The van der Waals surface area contributed by atoms with Gasteiger partial charge in [-0.05, 0) is 56.0 Å². The molecule has 0 spiro atoms. The average Bonchev–Trinajstić information content (AvgIpc) is 3.06. The number of alkyl halides is 3. The van der Waals surface area contributed by atoms with Crippen molar-refractivity contribution in [1.29, 1.82) is 0 Å². The van der Waals surface area contributed by atoms with Gasteiger partial charge in [0.05, 0.1) is 6.04 Å². The van der Waals surface area contributed by atoms with E-state index in [2.05, 4.69) is 10.6 Å². The number of hydrogen-bond donors (Lipinski definition) is 3. The van der Waals surface area contributed by atoms with Gasteiger partial charge in [0, 0.05) is 33.3 Å². The minimum atomic E-state index is -4.84. The summed E-state index contributed by atoms with van der Waals surface area (Å²) in [6, 6.07) is 7.39. The van der Waals surface area contributed by atoms with Crippen LogP contribution in [0.3, 0.4) is 0 Å². The first kappa shape index (κ1) is 22.5. The highest BCUT2D eigenvalue weighted by Gasteiger charge is 2.56. The third kappa shape index (κ3) is 3.95. The molecule has 0 aromatic heterocycles. The minimum absolute atomic E-state index is 0.0442. The molecule has 1 fully saturated rings. The summed E-state index contributed by atoms with van der Waals surface area (Å²) in [5.74, 6) is -2.77. The number of amides is 2. The van der Waals surface area contributed by atoms with Gasteiger partial charge < -0.3 is 15.7 Å². The van der Waals surface area contributed by atoms with Crippen LogP contribution < -0.4 is 10.6 Å². The maximum atomic E-state index is 13.8. The Balaban J connectivity index is 1.65. The number of fused-ring (bicyclic) bond motifs is 1. The lowest BCUT2D eigenvalue weighted by atomic mass is 9.77. The molecule has 5 nitrogen and oxygen atoms in total. The van der Waals surface area contributed by atoms with Crippen molar-refractivity contribution in [1.82, 2.24) is 5.32 Å². The second-order valence-corrected chi connectivity index (χ2v) is 8.56. The van der Waals surface area contributed by atoms with E-state index in [-0.39, 0.29) is 34.7 Å². The van der Waals surface area contributed by atoms with Crippen molar-refractivity contribution in [3.8, 4) is 0 Å². The molecule has 1 aliphatic carbocycles. The summed E-state index contributed by atoms with van der Waals surface area (Å²) < 4.78 is 53.6. The minimum Gasteiger partial charge on any atom is -0.380 e. The molecule has 2 amide bonds. The topological polar surface area (TPSA) is 78.4 Å². The van der Waals surface area contributed by atoms with Gasteiger partial charge >= 0.3 is 6.18 Å². The molecule has 3 N–H and O–H groups in total. The molecular weight excluding hydrogens is 452 g/mol. The van der Waals surface area contributed by atoms with Crippen molar-refractivity contribution in [2.24, 2.45) is 5.92 Å². The summed E-state index contributed by atoms with van der Waals surface area (Å²) in [6.45, 7) is 0. The number of nitrogens with one attached hydrogen (secondary N) is 2. The third-order valence-electron chi connectivity index (χ3n) is 6.07. The maximum absolute atomic E-state index is 13.8. The average molecular weight is 471 g/mol. The first-order chi connectivity index (χ1) is 15.0. The fourth-order valence-electron chi connectivity index (χ4n) is 4.40. The van der Waals surface area contributed by atoms with Crippen molar-refractivity contribution >= 4 is 29.1 Å². The van der Waals surface area contributed by atoms with Gasteiger partial charge in [-0.1, -0.05) is 17.7 Å². The molecule has 10 heteroatoms. The molecule has 0 saturated heterocycles. The fourth-order valence-corrected chi connectivity index (χ4v) is 4.63. The number of hydrogen-bond acceptors (Lipinski definition) is 3. The highest BCUT2D eigenvalue weighted by atomic mass is 35.5. The SMILES string of the molecule is O=C1NC(c2cc(F)ccc2Cl)c2c(NC(=O)C3CCCC(O)(C(F)(F)F)C3)cccc21. The van der Waals surface area contributed by atoms with Crippen LogP contribution in [0.4, 0.5) is 23.2 Å². The Labute approximate surface area is 185 Å². The number of aliphatic hydroxyl groups is 1. The van der Waals surface area contributed by atoms with Crippen molar-refractivity contribution < 1.29 is 32.3 Å². The van der Waals surface area contributed by atoms with Gasteiger partial charge in [-0.2, -0.15) is 13.2 Å². The number of halogens is 5. The number of anilines is 1. The first-order valence-corrected chi connectivity index (χ1v) is 10.4. The summed E-state index contributed by atoms with van der Waals surface area (Å²) >= 11 is 6.20. The van der Waals surface area contributed by atoms with Crippen LogP contribution in [0.15, 0.2) is 36.4 Å².